The van der Waals surface area contributed by atoms with Gasteiger partial charge in [-0.2, -0.15) is 0 Å². The highest BCUT2D eigenvalue weighted by atomic mass is 16.5. The highest BCUT2D eigenvalue weighted by Gasteiger charge is 2.31. The van der Waals surface area contributed by atoms with Crippen molar-refractivity contribution >= 4 is 17.3 Å². The Balaban J connectivity index is 0.00000136. The van der Waals surface area contributed by atoms with Gasteiger partial charge in [0.2, 0.25) is 0 Å². The fourth-order valence-electron chi connectivity index (χ4n) is 11.8. The van der Waals surface area contributed by atoms with Gasteiger partial charge in [-0.25, -0.2) is 0 Å². The molecule has 2 atom stereocenters. The lowest BCUT2D eigenvalue weighted by molar-refractivity contribution is -0.125. The molecule has 0 N–H and O–H groups in total. The van der Waals surface area contributed by atoms with Crippen LogP contribution in [0, 0.1) is 29.1 Å². The lowest BCUT2D eigenvalue weighted by Crippen LogP contribution is -2.34. The van der Waals surface area contributed by atoms with Gasteiger partial charge < -0.3 is 9.53 Å². The van der Waals surface area contributed by atoms with Crippen LogP contribution in [0.4, 0.5) is 0 Å². The van der Waals surface area contributed by atoms with Crippen molar-refractivity contribution in [1.82, 2.24) is 4.90 Å². The standard InChI is InChI=1S/C37H65NO4.C19H38.C16H32/c1-31(39)18-12-6-5-11-17-27-42-30-35-28-34(22-24-36(41)23-21-33-19-13-7-8-14-20-33)29-38(35)26-16-10-9-15-25-37(3,4)32(2)40;1-4-7-9-11-13-15-17-19(6-3)18-16-14-12-10-8-5-2;1-4-7-10-13-16(14-11-8-5-2)15-12-9-6-3/h22,24,33-35H,5-21,23,25-30H2,1-4H3;6,19H,3-5,7-18H2,1-2H3;4,16H,1,5-15H2,2-3H3/t34-,35-;;/m0../s1. The number of likely N-dealkylation sites (tertiary alicyclic amines) is 1. The number of carbonyl (C=O) groups is 3. The fourth-order valence-corrected chi connectivity index (χ4v) is 11.8. The molecule has 1 saturated carbocycles. The van der Waals surface area contributed by atoms with Gasteiger partial charge in [-0.15, -0.1) is 13.2 Å². The molecule has 0 bridgehead atoms. The number of ketones is 3. The van der Waals surface area contributed by atoms with E-state index in [2.05, 4.69) is 77.8 Å². The summed E-state index contributed by atoms with van der Waals surface area (Å²) in [5.41, 5.74) is -0.196. The van der Waals surface area contributed by atoms with E-state index in [4.69, 9.17) is 4.74 Å². The largest absolute Gasteiger partial charge is 0.380 e. The molecule has 2 aliphatic rings. The van der Waals surface area contributed by atoms with E-state index in [1.165, 1.54) is 231 Å². The highest BCUT2D eigenvalue weighted by Crippen LogP contribution is 2.30. The average molecular weight is 1080 g/mol. The number of carbonyl (C=O) groups excluding carboxylic acids is 3. The monoisotopic (exact) mass is 1080 g/mol. The number of nitrogens with zero attached hydrogens (tertiary/aromatic N) is 1. The lowest BCUT2D eigenvalue weighted by Gasteiger charge is -2.24. The Bertz CT molecular complexity index is 1350. The van der Waals surface area contributed by atoms with Crippen molar-refractivity contribution in [1.29, 1.82) is 0 Å². The number of hydrogen-bond acceptors (Lipinski definition) is 5. The molecule has 0 spiro atoms. The summed E-state index contributed by atoms with van der Waals surface area (Å²) in [6, 6.07) is 0.424. The molecule has 2 rings (SSSR count). The molecule has 5 nitrogen and oxygen atoms in total. The molecule has 1 aliphatic carbocycles. The van der Waals surface area contributed by atoms with E-state index in [-0.39, 0.29) is 11.2 Å². The van der Waals surface area contributed by atoms with Crippen molar-refractivity contribution in [3.05, 3.63) is 37.5 Å². The van der Waals surface area contributed by atoms with E-state index in [1.807, 2.05) is 6.08 Å². The predicted octanol–water partition coefficient (Wildman–Crippen LogP) is 22.5. The van der Waals surface area contributed by atoms with Crippen LogP contribution in [0.15, 0.2) is 37.5 Å². The number of Topliss-reactive ketones (excluding diaryl/α,β-unsaturated/α-hetero) is 2. The minimum Gasteiger partial charge on any atom is -0.380 e. The Morgan fingerprint density at radius 2 is 1.10 bits per heavy atom. The summed E-state index contributed by atoms with van der Waals surface area (Å²) in [5.74, 6) is 3.86. The van der Waals surface area contributed by atoms with Gasteiger partial charge in [-0.1, -0.05) is 272 Å². The fraction of sp³-hybridized carbons (Fsp3) is 0.875. The van der Waals surface area contributed by atoms with E-state index in [1.54, 1.807) is 13.8 Å². The summed E-state index contributed by atoms with van der Waals surface area (Å²) in [5, 5.41) is 0. The molecule has 1 aliphatic heterocycles. The molecule has 5 heteroatoms. The average Bonchev–Trinajstić information content (AvgIpc) is 3.60. The number of rotatable bonds is 50. The van der Waals surface area contributed by atoms with Crippen molar-refractivity contribution < 1.29 is 19.1 Å². The number of hydrogen-bond donors (Lipinski definition) is 0. The van der Waals surface area contributed by atoms with Gasteiger partial charge in [0.05, 0.1) is 6.61 Å². The third-order valence-corrected chi connectivity index (χ3v) is 17.6. The van der Waals surface area contributed by atoms with Crippen LogP contribution in [0.2, 0.25) is 0 Å². The first-order chi connectivity index (χ1) is 37.4. The van der Waals surface area contributed by atoms with Gasteiger partial charge in [-0.3, -0.25) is 14.5 Å². The Kier molecular flexibility index (Phi) is 53.4. The van der Waals surface area contributed by atoms with Crippen LogP contribution in [-0.2, 0) is 19.1 Å². The maximum absolute atomic E-state index is 12.7. The number of ether oxygens (including phenoxy) is 1. The van der Waals surface area contributed by atoms with Gasteiger partial charge in [0, 0.05) is 37.5 Å². The van der Waals surface area contributed by atoms with Gasteiger partial charge >= 0.3 is 0 Å². The van der Waals surface area contributed by atoms with Gasteiger partial charge in [-0.05, 0) is 114 Å². The Hall–Kier alpha value is -1.85. The second-order valence-corrected chi connectivity index (χ2v) is 25.5. The molecule has 0 amide bonds. The van der Waals surface area contributed by atoms with Crippen LogP contribution >= 0.6 is 0 Å². The topological polar surface area (TPSA) is 63.7 Å². The quantitative estimate of drug-likeness (QED) is 0.0263. The molecule has 0 unspecified atom stereocenters. The van der Waals surface area contributed by atoms with Crippen LogP contribution < -0.4 is 0 Å². The van der Waals surface area contributed by atoms with Crippen LogP contribution in [0.1, 0.15) is 344 Å². The van der Waals surface area contributed by atoms with Gasteiger partial charge in [0.1, 0.15) is 11.6 Å². The zero-order chi connectivity index (χ0) is 56.9. The van der Waals surface area contributed by atoms with Crippen molar-refractivity contribution in [2.24, 2.45) is 29.1 Å². The zero-order valence-electron chi connectivity index (χ0n) is 53.3. The van der Waals surface area contributed by atoms with Crippen LogP contribution in [0.5, 0.6) is 0 Å². The smallest absolute Gasteiger partial charge is 0.155 e. The van der Waals surface area contributed by atoms with Gasteiger partial charge in [0.25, 0.3) is 0 Å². The zero-order valence-corrected chi connectivity index (χ0v) is 53.3. The van der Waals surface area contributed by atoms with E-state index in [9.17, 15) is 14.4 Å². The molecule has 1 saturated heterocycles. The second-order valence-electron chi connectivity index (χ2n) is 25.5. The Morgan fingerprint density at radius 3 is 1.66 bits per heavy atom. The SMILES string of the molecule is C=CC(CCCCCCCC)CCCCCCCC.C=CCCCC(CCCCC)CCCCC.CC(=O)CCCCCCCOC[C@@H]1C[C@H](C=CC(=O)CCC2CCCCCC2)CN1CCCCCCC(C)(C)C(C)=O. The van der Waals surface area contributed by atoms with Crippen molar-refractivity contribution in [2.45, 2.75) is 350 Å². The summed E-state index contributed by atoms with van der Waals surface area (Å²) >= 11 is 0. The first-order valence-corrected chi connectivity index (χ1v) is 34.1. The third-order valence-electron chi connectivity index (χ3n) is 17.6. The molecule has 0 radical (unpaired) electrons. The van der Waals surface area contributed by atoms with Crippen molar-refractivity contribution in [3.63, 3.8) is 0 Å². The van der Waals surface area contributed by atoms with E-state index >= 15 is 0 Å². The van der Waals surface area contributed by atoms with Crippen LogP contribution in [0.25, 0.3) is 0 Å². The number of unbranched alkanes of at least 4 members (excludes halogenated alkanes) is 22. The molecule has 2 fully saturated rings. The van der Waals surface area contributed by atoms with Crippen LogP contribution in [-0.4, -0.2) is 54.6 Å². The first-order valence-electron chi connectivity index (χ1n) is 34.1. The molecule has 77 heavy (non-hydrogen) atoms. The molecular formula is C72H135NO4. The Labute approximate surface area is 482 Å². The molecule has 1 heterocycles. The maximum Gasteiger partial charge on any atom is 0.155 e. The molecule has 0 aromatic heterocycles. The molecule has 452 valence electrons. The first kappa shape index (κ1) is 75.2. The normalized spacial score (nSPS) is 16.3. The molecule has 0 aromatic rings. The van der Waals surface area contributed by atoms with Crippen molar-refractivity contribution in [2.75, 3.05) is 26.3 Å². The molecular weight excluding hydrogens is 943 g/mol. The third kappa shape index (κ3) is 47.5. The van der Waals surface area contributed by atoms with E-state index < -0.39 is 0 Å². The minimum absolute atomic E-state index is 0.196. The summed E-state index contributed by atoms with van der Waals surface area (Å²) in [6.45, 7) is 28.2. The minimum atomic E-state index is -0.196. The predicted molar refractivity (Wildman–Crippen MR) is 340 cm³/mol. The highest BCUT2D eigenvalue weighted by molar-refractivity contribution is 5.89. The number of allylic oxidation sites excluding steroid dienone is 3. The lowest BCUT2D eigenvalue weighted by atomic mass is 9.83. The second kappa shape index (κ2) is 54.7. The summed E-state index contributed by atoms with van der Waals surface area (Å²) in [6.07, 6.45) is 66.3. The maximum atomic E-state index is 12.7. The molecule has 0 aromatic carbocycles. The van der Waals surface area contributed by atoms with E-state index in [0.29, 0.717) is 36.4 Å². The summed E-state index contributed by atoms with van der Waals surface area (Å²) in [7, 11) is 0. The van der Waals surface area contributed by atoms with E-state index in [0.717, 1.165) is 89.0 Å². The summed E-state index contributed by atoms with van der Waals surface area (Å²) in [4.78, 5) is 38.2. The Morgan fingerprint density at radius 1 is 0.597 bits per heavy atom. The van der Waals surface area contributed by atoms with Crippen LogP contribution in [0.3, 0.4) is 0 Å². The van der Waals surface area contributed by atoms with Crippen molar-refractivity contribution in [3.8, 4) is 0 Å². The van der Waals surface area contributed by atoms with Gasteiger partial charge in [0.15, 0.2) is 5.78 Å². The summed E-state index contributed by atoms with van der Waals surface area (Å²) < 4.78 is 6.17.